The molecule has 1 aromatic rings. The molecule has 2 rings (SSSR count). The third-order valence-electron chi connectivity index (χ3n) is 2.99. The minimum absolute atomic E-state index is 0.0474. The molecule has 0 amide bonds. The Morgan fingerprint density at radius 3 is 2.76 bits per heavy atom. The van der Waals surface area contributed by atoms with Gasteiger partial charge in [0, 0.05) is 32.2 Å². The van der Waals surface area contributed by atoms with Crippen LogP contribution in [0.2, 0.25) is 0 Å². The predicted molar refractivity (Wildman–Crippen MR) is 67.1 cm³/mol. The highest BCUT2D eigenvalue weighted by Crippen LogP contribution is 2.09. The van der Waals surface area contributed by atoms with Gasteiger partial charge in [-0.25, -0.2) is 4.98 Å². The Hall–Kier alpha value is -1.20. The summed E-state index contributed by atoms with van der Waals surface area (Å²) in [5.41, 5.74) is 0.827. The molecule has 0 radical (unpaired) electrons. The highest BCUT2D eigenvalue weighted by atomic mass is 16.1. The number of H-pyrrole nitrogens is 1. The number of nitrogens with zero attached hydrogens (tertiary/aromatic N) is 2. The Morgan fingerprint density at radius 1 is 1.41 bits per heavy atom. The van der Waals surface area contributed by atoms with Crippen molar-refractivity contribution in [2.24, 2.45) is 0 Å². The van der Waals surface area contributed by atoms with Crippen molar-refractivity contribution in [3.8, 4) is 0 Å². The summed E-state index contributed by atoms with van der Waals surface area (Å²) in [6, 6.07) is 1.59. The van der Waals surface area contributed by atoms with Crippen molar-refractivity contribution in [1.82, 2.24) is 20.2 Å². The van der Waals surface area contributed by atoms with Gasteiger partial charge in [0.25, 0.3) is 5.56 Å². The molecular formula is C12H20N4O. The first-order valence-electron chi connectivity index (χ1n) is 6.18. The number of piperazine rings is 1. The Kier molecular flexibility index (Phi) is 3.91. The Morgan fingerprint density at radius 2 is 2.12 bits per heavy atom. The van der Waals surface area contributed by atoms with Crippen LogP contribution in [-0.2, 0) is 6.54 Å². The van der Waals surface area contributed by atoms with Gasteiger partial charge in [-0.15, -0.1) is 0 Å². The number of hydrogen-bond donors (Lipinski definition) is 2. The van der Waals surface area contributed by atoms with Gasteiger partial charge in [-0.2, -0.15) is 0 Å². The van der Waals surface area contributed by atoms with Crippen molar-refractivity contribution in [2.75, 3.05) is 26.2 Å². The van der Waals surface area contributed by atoms with Crippen LogP contribution in [0.25, 0.3) is 0 Å². The average molecular weight is 236 g/mol. The van der Waals surface area contributed by atoms with Gasteiger partial charge < -0.3 is 10.3 Å². The Balaban J connectivity index is 2.11. The van der Waals surface area contributed by atoms with Crippen molar-refractivity contribution in [2.45, 2.75) is 26.3 Å². The lowest BCUT2D eigenvalue weighted by molar-refractivity contribution is 0.227. The molecule has 1 saturated heterocycles. The lowest BCUT2D eigenvalue weighted by Gasteiger charge is -2.26. The lowest BCUT2D eigenvalue weighted by atomic mass is 10.1. The molecule has 0 aromatic carbocycles. The van der Waals surface area contributed by atoms with Crippen LogP contribution in [0.5, 0.6) is 0 Å². The van der Waals surface area contributed by atoms with E-state index in [9.17, 15) is 4.79 Å². The summed E-state index contributed by atoms with van der Waals surface area (Å²) in [6.07, 6.45) is 0. The van der Waals surface area contributed by atoms with Crippen LogP contribution in [0, 0.1) is 0 Å². The second-order valence-electron chi connectivity index (χ2n) is 4.80. The van der Waals surface area contributed by atoms with Gasteiger partial charge in [0.05, 0.1) is 12.2 Å². The van der Waals surface area contributed by atoms with Gasteiger partial charge >= 0.3 is 0 Å². The second kappa shape index (κ2) is 5.42. The summed E-state index contributed by atoms with van der Waals surface area (Å²) in [4.78, 5) is 21.2. The molecule has 5 heteroatoms. The first kappa shape index (κ1) is 12.3. The summed E-state index contributed by atoms with van der Waals surface area (Å²) in [5.74, 6) is 1.07. The van der Waals surface area contributed by atoms with Crippen LogP contribution in [0.3, 0.4) is 0 Å². The minimum Gasteiger partial charge on any atom is -0.314 e. The summed E-state index contributed by atoms with van der Waals surface area (Å²) < 4.78 is 0. The molecule has 0 spiro atoms. The third kappa shape index (κ3) is 3.38. The highest BCUT2D eigenvalue weighted by Gasteiger charge is 2.12. The second-order valence-corrected chi connectivity index (χ2v) is 4.80. The van der Waals surface area contributed by atoms with E-state index in [1.54, 1.807) is 6.07 Å². The maximum Gasteiger partial charge on any atom is 0.251 e. The number of rotatable bonds is 3. The van der Waals surface area contributed by atoms with E-state index in [1.165, 1.54) is 0 Å². The molecule has 1 aromatic heterocycles. The number of aromatic amines is 1. The molecule has 1 aliphatic heterocycles. The van der Waals surface area contributed by atoms with E-state index in [-0.39, 0.29) is 5.56 Å². The summed E-state index contributed by atoms with van der Waals surface area (Å²) in [6.45, 7) is 8.87. The van der Waals surface area contributed by atoms with E-state index in [0.29, 0.717) is 5.92 Å². The first-order valence-corrected chi connectivity index (χ1v) is 6.18. The molecule has 1 aliphatic rings. The van der Waals surface area contributed by atoms with Gasteiger partial charge in [0.15, 0.2) is 0 Å². The Labute approximate surface area is 101 Å². The standard InChI is InChI=1S/C12H20N4O/c1-9(2)10-7-12(17)15-11(14-10)8-16-5-3-13-4-6-16/h7,9,13H,3-6,8H2,1-2H3,(H,14,15,17). The van der Waals surface area contributed by atoms with E-state index in [0.717, 1.165) is 44.2 Å². The van der Waals surface area contributed by atoms with Crippen molar-refractivity contribution < 1.29 is 0 Å². The quantitative estimate of drug-likeness (QED) is 0.792. The summed E-state index contributed by atoms with van der Waals surface area (Å²) in [5, 5.41) is 3.31. The fraction of sp³-hybridized carbons (Fsp3) is 0.667. The molecule has 2 heterocycles. The van der Waals surface area contributed by atoms with E-state index in [2.05, 4.69) is 34.0 Å². The summed E-state index contributed by atoms with van der Waals surface area (Å²) >= 11 is 0. The van der Waals surface area contributed by atoms with Crippen LogP contribution in [-0.4, -0.2) is 41.0 Å². The average Bonchev–Trinajstić information content (AvgIpc) is 2.29. The van der Waals surface area contributed by atoms with Crippen LogP contribution < -0.4 is 10.9 Å². The monoisotopic (exact) mass is 236 g/mol. The number of nitrogens with one attached hydrogen (secondary N) is 2. The van der Waals surface area contributed by atoms with Gasteiger partial charge in [-0.1, -0.05) is 13.8 Å². The smallest absolute Gasteiger partial charge is 0.251 e. The molecule has 2 N–H and O–H groups in total. The largest absolute Gasteiger partial charge is 0.314 e. The zero-order valence-corrected chi connectivity index (χ0v) is 10.5. The van der Waals surface area contributed by atoms with Crippen molar-refractivity contribution in [3.05, 3.63) is 27.9 Å². The van der Waals surface area contributed by atoms with Crippen molar-refractivity contribution in [1.29, 1.82) is 0 Å². The molecular weight excluding hydrogens is 216 g/mol. The van der Waals surface area contributed by atoms with Crippen LogP contribution in [0.4, 0.5) is 0 Å². The van der Waals surface area contributed by atoms with Crippen LogP contribution in [0.15, 0.2) is 10.9 Å². The van der Waals surface area contributed by atoms with Gasteiger partial charge in [-0.05, 0) is 5.92 Å². The SMILES string of the molecule is CC(C)c1cc(=O)[nH]c(CN2CCNCC2)n1. The molecule has 5 nitrogen and oxygen atoms in total. The predicted octanol–water partition coefficient (Wildman–Crippen LogP) is 0.298. The molecule has 0 aliphatic carbocycles. The van der Waals surface area contributed by atoms with E-state index >= 15 is 0 Å². The zero-order valence-electron chi connectivity index (χ0n) is 10.5. The molecule has 0 unspecified atom stereocenters. The Bertz CT molecular complexity index is 421. The normalized spacial score (nSPS) is 17.6. The maximum absolute atomic E-state index is 11.5. The molecule has 0 atom stereocenters. The molecule has 17 heavy (non-hydrogen) atoms. The minimum atomic E-state index is -0.0474. The topological polar surface area (TPSA) is 61.0 Å². The number of aromatic nitrogens is 2. The van der Waals surface area contributed by atoms with Gasteiger partial charge in [0.2, 0.25) is 0 Å². The fourth-order valence-corrected chi connectivity index (χ4v) is 1.98. The fourth-order valence-electron chi connectivity index (χ4n) is 1.98. The van der Waals surface area contributed by atoms with Crippen LogP contribution >= 0.6 is 0 Å². The van der Waals surface area contributed by atoms with Gasteiger partial charge in [-0.3, -0.25) is 9.69 Å². The van der Waals surface area contributed by atoms with E-state index in [1.807, 2.05) is 0 Å². The highest BCUT2D eigenvalue weighted by molar-refractivity contribution is 5.07. The maximum atomic E-state index is 11.5. The van der Waals surface area contributed by atoms with E-state index in [4.69, 9.17) is 0 Å². The van der Waals surface area contributed by atoms with Crippen LogP contribution in [0.1, 0.15) is 31.3 Å². The zero-order chi connectivity index (χ0) is 12.3. The number of hydrogen-bond acceptors (Lipinski definition) is 4. The van der Waals surface area contributed by atoms with Crippen molar-refractivity contribution in [3.63, 3.8) is 0 Å². The molecule has 0 bridgehead atoms. The lowest BCUT2D eigenvalue weighted by Crippen LogP contribution is -2.43. The molecule has 0 saturated carbocycles. The molecule has 1 fully saturated rings. The summed E-state index contributed by atoms with van der Waals surface area (Å²) in [7, 11) is 0. The first-order chi connectivity index (χ1) is 8.15. The third-order valence-corrected chi connectivity index (χ3v) is 2.99. The van der Waals surface area contributed by atoms with Gasteiger partial charge in [0.1, 0.15) is 5.82 Å². The van der Waals surface area contributed by atoms with E-state index < -0.39 is 0 Å². The van der Waals surface area contributed by atoms with Crippen molar-refractivity contribution >= 4 is 0 Å². The molecule has 94 valence electrons.